The number of hydrogen-bond donors (Lipinski definition) is 2. The standard InChI is InChI=1S/C18H15N5OS2/c1-10-16(26-18(20-10)21-11(2)24)15-9-25-17(23-15)22-13-7-12-5-3-4-6-14(12)19-8-13/h3-9H,1-2H3,(H,22,23)(H,20,21,24). The molecular formula is C18H15N5OS2. The third-order valence-corrected chi connectivity index (χ3v) is 5.51. The van der Waals surface area contributed by atoms with Gasteiger partial charge in [0.15, 0.2) is 10.3 Å². The van der Waals surface area contributed by atoms with Gasteiger partial charge in [0.05, 0.1) is 33.7 Å². The van der Waals surface area contributed by atoms with E-state index < -0.39 is 0 Å². The SMILES string of the molecule is CC(=O)Nc1nc(C)c(-c2csc(Nc3cnc4ccccc4c3)n2)s1. The maximum Gasteiger partial charge on any atom is 0.223 e. The Morgan fingerprint density at radius 3 is 2.85 bits per heavy atom. The maximum atomic E-state index is 11.2. The van der Waals surface area contributed by atoms with Gasteiger partial charge in [-0.2, -0.15) is 0 Å². The van der Waals surface area contributed by atoms with Gasteiger partial charge in [0.1, 0.15) is 0 Å². The van der Waals surface area contributed by atoms with Crippen LogP contribution in [0.1, 0.15) is 12.6 Å². The molecule has 0 spiro atoms. The Kier molecular flexibility index (Phi) is 4.36. The summed E-state index contributed by atoms with van der Waals surface area (Å²) < 4.78 is 0. The third kappa shape index (κ3) is 3.42. The van der Waals surface area contributed by atoms with Gasteiger partial charge in [0.2, 0.25) is 5.91 Å². The number of anilines is 3. The van der Waals surface area contributed by atoms with Crippen molar-refractivity contribution < 1.29 is 4.79 Å². The van der Waals surface area contributed by atoms with Crippen molar-refractivity contribution in [3.63, 3.8) is 0 Å². The highest BCUT2D eigenvalue weighted by Crippen LogP contribution is 2.35. The van der Waals surface area contributed by atoms with Crippen LogP contribution >= 0.6 is 22.7 Å². The molecule has 130 valence electrons. The summed E-state index contributed by atoms with van der Waals surface area (Å²) in [6, 6.07) is 10.0. The van der Waals surface area contributed by atoms with Gasteiger partial charge in [-0.1, -0.05) is 29.5 Å². The van der Waals surface area contributed by atoms with Crippen LogP contribution in [0.3, 0.4) is 0 Å². The first kappa shape index (κ1) is 16.6. The number of pyridine rings is 1. The van der Waals surface area contributed by atoms with E-state index in [-0.39, 0.29) is 5.91 Å². The van der Waals surface area contributed by atoms with Crippen LogP contribution < -0.4 is 10.6 Å². The normalized spacial score (nSPS) is 10.8. The van der Waals surface area contributed by atoms with Crippen LogP contribution in [0.5, 0.6) is 0 Å². The van der Waals surface area contributed by atoms with Gasteiger partial charge in [-0.3, -0.25) is 9.78 Å². The fraction of sp³-hybridized carbons (Fsp3) is 0.111. The number of nitrogens with zero attached hydrogens (tertiary/aromatic N) is 3. The van der Waals surface area contributed by atoms with E-state index in [0.29, 0.717) is 5.13 Å². The van der Waals surface area contributed by atoms with Crippen molar-refractivity contribution in [2.75, 3.05) is 10.6 Å². The molecule has 0 aliphatic heterocycles. The molecule has 0 aliphatic carbocycles. The van der Waals surface area contributed by atoms with Gasteiger partial charge in [0.25, 0.3) is 0 Å². The molecule has 4 aromatic rings. The molecule has 6 nitrogen and oxygen atoms in total. The minimum Gasteiger partial charge on any atom is -0.330 e. The lowest BCUT2D eigenvalue weighted by Gasteiger charge is -2.03. The lowest BCUT2D eigenvalue weighted by Crippen LogP contribution is -2.04. The fourth-order valence-electron chi connectivity index (χ4n) is 2.54. The Morgan fingerprint density at radius 2 is 2.00 bits per heavy atom. The van der Waals surface area contributed by atoms with Crippen LogP contribution in [0, 0.1) is 6.92 Å². The van der Waals surface area contributed by atoms with E-state index in [1.54, 1.807) is 6.20 Å². The average molecular weight is 381 g/mol. The summed E-state index contributed by atoms with van der Waals surface area (Å²) in [6.45, 7) is 3.38. The van der Waals surface area contributed by atoms with Gasteiger partial charge in [-0.25, -0.2) is 9.97 Å². The van der Waals surface area contributed by atoms with Crippen LogP contribution in [0.25, 0.3) is 21.5 Å². The maximum absolute atomic E-state index is 11.2. The Bertz CT molecular complexity index is 1100. The highest BCUT2D eigenvalue weighted by Gasteiger charge is 2.14. The molecule has 0 fully saturated rings. The summed E-state index contributed by atoms with van der Waals surface area (Å²) in [4.78, 5) is 25.6. The number of rotatable bonds is 4. The van der Waals surface area contributed by atoms with Crippen LogP contribution in [0.4, 0.5) is 16.0 Å². The molecule has 8 heteroatoms. The molecule has 3 heterocycles. The van der Waals surface area contributed by atoms with E-state index in [4.69, 9.17) is 0 Å². The number of carbonyl (C=O) groups is 1. The van der Waals surface area contributed by atoms with Crippen molar-refractivity contribution in [3.8, 4) is 10.6 Å². The molecular weight excluding hydrogens is 366 g/mol. The lowest BCUT2D eigenvalue weighted by atomic mass is 10.2. The second-order valence-corrected chi connectivity index (χ2v) is 7.55. The number of benzene rings is 1. The molecule has 4 rings (SSSR count). The monoisotopic (exact) mass is 381 g/mol. The molecule has 26 heavy (non-hydrogen) atoms. The third-order valence-electron chi connectivity index (χ3n) is 3.66. The Hall–Kier alpha value is -2.84. The number of carbonyl (C=O) groups excluding carboxylic acids is 1. The molecule has 3 aromatic heterocycles. The number of hydrogen-bond acceptors (Lipinski definition) is 7. The fourth-order valence-corrected chi connectivity index (χ4v) is 4.31. The zero-order valence-corrected chi connectivity index (χ0v) is 15.7. The molecule has 0 atom stereocenters. The number of thiazole rings is 2. The smallest absolute Gasteiger partial charge is 0.223 e. The largest absolute Gasteiger partial charge is 0.330 e. The second kappa shape index (κ2) is 6.81. The van der Waals surface area contributed by atoms with E-state index in [2.05, 4.69) is 31.7 Å². The van der Waals surface area contributed by atoms with Crippen molar-refractivity contribution >= 4 is 55.4 Å². The summed E-state index contributed by atoms with van der Waals surface area (Å²) >= 11 is 2.94. The Labute approximate surface area is 158 Å². The van der Waals surface area contributed by atoms with Crippen LogP contribution in [-0.2, 0) is 4.79 Å². The van der Waals surface area contributed by atoms with Crippen molar-refractivity contribution in [1.29, 1.82) is 0 Å². The highest BCUT2D eigenvalue weighted by molar-refractivity contribution is 7.20. The molecule has 1 amide bonds. The molecule has 0 aliphatic rings. The van der Waals surface area contributed by atoms with Gasteiger partial charge >= 0.3 is 0 Å². The molecule has 0 saturated carbocycles. The number of nitrogens with one attached hydrogen (secondary N) is 2. The zero-order chi connectivity index (χ0) is 18.1. The van der Waals surface area contributed by atoms with E-state index >= 15 is 0 Å². The van der Waals surface area contributed by atoms with Gasteiger partial charge in [-0.05, 0) is 19.1 Å². The molecule has 2 N–H and O–H groups in total. The summed E-state index contributed by atoms with van der Waals surface area (Å²) in [5, 5.41) is 10.5. The van der Waals surface area contributed by atoms with E-state index in [9.17, 15) is 4.79 Å². The lowest BCUT2D eigenvalue weighted by molar-refractivity contribution is -0.114. The van der Waals surface area contributed by atoms with Crippen LogP contribution in [0.2, 0.25) is 0 Å². The molecule has 1 aromatic carbocycles. The molecule has 0 radical (unpaired) electrons. The van der Waals surface area contributed by atoms with Crippen molar-refractivity contribution in [1.82, 2.24) is 15.0 Å². The number of aromatic nitrogens is 3. The van der Waals surface area contributed by atoms with Crippen molar-refractivity contribution in [3.05, 3.63) is 47.6 Å². The summed E-state index contributed by atoms with van der Waals surface area (Å²) in [5.74, 6) is -0.130. The number of amides is 1. The predicted octanol–water partition coefficient (Wildman–Crippen LogP) is 4.83. The van der Waals surface area contributed by atoms with Gasteiger partial charge in [-0.15, -0.1) is 11.3 Å². The van der Waals surface area contributed by atoms with Crippen LogP contribution in [-0.4, -0.2) is 20.9 Å². The average Bonchev–Trinajstić information content (AvgIpc) is 3.20. The number of para-hydroxylation sites is 1. The first-order valence-electron chi connectivity index (χ1n) is 7.91. The number of fused-ring (bicyclic) bond motifs is 1. The first-order chi connectivity index (χ1) is 12.6. The number of aryl methyl sites for hydroxylation is 1. The quantitative estimate of drug-likeness (QED) is 0.529. The summed E-state index contributed by atoms with van der Waals surface area (Å²) in [5.41, 5.74) is 3.55. The topological polar surface area (TPSA) is 79.8 Å². The molecule has 0 saturated heterocycles. The highest BCUT2D eigenvalue weighted by atomic mass is 32.1. The zero-order valence-electron chi connectivity index (χ0n) is 14.1. The first-order valence-corrected chi connectivity index (χ1v) is 9.61. The molecule has 0 bridgehead atoms. The van der Waals surface area contributed by atoms with Gasteiger partial charge < -0.3 is 10.6 Å². The van der Waals surface area contributed by atoms with E-state index in [1.165, 1.54) is 29.6 Å². The van der Waals surface area contributed by atoms with Gasteiger partial charge in [0, 0.05) is 17.7 Å². The molecule has 0 unspecified atom stereocenters. The minimum atomic E-state index is -0.130. The predicted molar refractivity (Wildman–Crippen MR) is 107 cm³/mol. The minimum absolute atomic E-state index is 0.130. The van der Waals surface area contributed by atoms with Crippen LogP contribution in [0.15, 0.2) is 41.9 Å². The Morgan fingerprint density at radius 1 is 1.15 bits per heavy atom. The summed E-state index contributed by atoms with van der Waals surface area (Å²) in [6.07, 6.45) is 1.80. The van der Waals surface area contributed by atoms with Crippen molar-refractivity contribution in [2.24, 2.45) is 0 Å². The summed E-state index contributed by atoms with van der Waals surface area (Å²) in [7, 11) is 0. The van der Waals surface area contributed by atoms with E-state index in [1.807, 2.05) is 36.6 Å². The van der Waals surface area contributed by atoms with Crippen molar-refractivity contribution in [2.45, 2.75) is 13.8 Å². The van der Waals surface area contributed by atoms with E-state index in [0.717, 1.165) is 38.0 Å². The second-order valence-electron chi connectivity index (χ2n) is 5.69. The Balaban J connectivity index is 1.57.